The van der Waals surface area contributed by atoms with Crippen molar-refractivity contribution in [3.63, 3.8) is 0 Å². The molecule has 0 fully saturated rings. The zero-order chi connectivity index (χ0) is 18.8. The van der Waals surface area contributed by atoms with Crippen molar-refractivity contribution in [2.45, 2.75) is 4.90 Å². The molecule has 2 aromatic carbocycles. The first-order valence-corrected chi connectivity index (χ1v) is 8.21. The molecule has 2 aromatic rings. The summed E-state index contributed by atoms with van der Waals surface area (Å²) in [6.45, 7) is 0. The summed E-state index contributed by atoms with van der Waals surface area (Å²) in [6, 6.07) is 9.21. The number of rotatable bonds is 5. The minimum Gasteiger partial charge on any atom is -0.272 e. The van der Waals surface area contributed by atoms with Crippen molar-refractivity contribution in [3.05, 3.63) is 69.5 Å². The number of thioether (sulfide) groups is 1. The van der Waals surface area contributed by atoms with Crippen molar-refractivity contribution < 1.29 is 23.7 Å². The van der Waals surface area contributed by atoms with Crippen LogP contribution in [0.5, 0.6) is 0 Å². The van der Waals surface area contributed by atoms with Gasteiger partial charge in [-0.15, -0.1) is 11.8 Å². The number of imide groups is 1. The fourth-order valence-electron chi connectivity index (χ4n) is 2.32. The van der Waals surface area contributed by atoms with Gasteiger partial charge in [0.1, 0.15) is 5.82 Å². The Morgan fingerprint density at radius 1 is 1.15 bits per heavy atom. The molecule has 8 nitrogen and oxygen atoms in total. The maximum Gasteiger partial charge on any atom is 0.283 e. The van der Waals surface area contributed by atoms with Gasteiger partial charge in [0.2, 0.25) is 5.91 Å². The first-order valence-electron chi connectivity index (χ1n) is 7.22. The van der Waals surface area contributed by atoms with E-state index in [2.05, 4.69) is 5.43 Å². The summed E-state index contributed by atoms with van der Waals surface area (Å²) in [5, 5.41) is 11.1. The second-order valence-electron chi connectivity index (χ2n) is 5.18. The van der Waals surface area contributed by atoms with Gasteiger partial charge in [0.25, 0.3) is 17.5 Å². The van der Waals surface area contributed by atoms with Gasteiger partial charge in [0.15, 0.2) is 0 Å². The van der Waals surface area contributed by atoms with E-state index in [0.717, 1.165) is 17.8 Å². The van der Waals surface area contributed by atoms with E-state index in [0.29, 0.717) is 9.90 Å². The summed E-state index contributed by atoms with van der Waals surface area (Å²) in [5.74, 6) is -3.37. The van der Waals surface area contributed by atoms with Gasteiger partial charge in [0, 0.05) is 17.0 Å². The molecule has 132 valence electrons. The number of nitro benzene ring substituents is 1. The molecule has 1 aliphatic rings. The fraction of sp³-hybridized carbons (Fsp3) is 0.0625. The third-order valence-electron chi connectivity index (χ3n) is 3.52. The van der Waals surface area contributed by atoms with Crippen LogP contribution in [0.1, 0.15) is 20.7 Å². The van der Waals surface area contributed by atoms with Gasteiger partial charge in [-0.1, -0.05) is 6.07 Å². The Morgan fingerprint density at radius 2 is 1.85 bits per heavy atom. The van der Waals surface area contributed by atoms with Gasteiger partial charge >= 0.3 is 0 Å². The molecule has 0 atom stereocenters. The van der Waals surface area contributed by atoms with E-state index in [9.17, 15) is 28.9 Å². The Morgan fingerprint density at radius 3 is 2.46 bits per heavy atom. The average molecular weight is 375 g/mol. The van der Waals surface area contributed by atoms with Crippen molar-refractivity contribution in [1.82, 2.24) is 10.4 Å². The van der Waals surface area contributed by atoms with E-state index in [1.54, 1.807) is 0 Å². The zero-order valence-electron chi connectivity index (χ0n) is 13.0. The third kappa shape index (κ3) is 3.26. The van der Waals surface area contributed by atoms with Crippen LogP contribution in [0.3, 0.4) is 0 Å². The predicted octanol–water partition coefficient (Wildman–Crippen LogP) is 2.15. The number of carbonyl (C=O) groups excluding carboxylic acids is 3. The number of hydrogen-bond acceptors (Lipinski definition) is 6. The van der Waals surface area contributed by atoms with Crippen LogP contribution >= 0.6 is 11.8 Å². The highest BCUT2D eigenvalue weighted by Gasteiger charge is 2.39. The number of halogens is 1. The van der Waals surface area contributed by atoms with Crippen LogP contribution in [0.15, 0.2) is 47.4 Å². The molecule has 0 bridgehead atoms. The third-order valence-corrected chi connectivity index (χ3v) is 4.53. The Kier molecular flexibility index (Phi) is 4.67. The number of fused-ring (bicyclic) bond motifs is 1. The van der Waals surface area contributed by atoms with Crippen molar-refractivity contribution in [3.8, 4) is 0 Å². The summed E-state index contributed by atoms with van der Waals surface area (Å²) >= 11 is 1.06. The summed E-state index contributed by atoms with van der Waals surface area (Å²) in [6.07, 6.45) is 0. The molecule has 0 saturated carbocycles. The highest BCUT2D eigenvalue weighted by atomic mass is 32.2. The van der Waals surface area contributed by atoms with E-state index >= 15 is 0 Å². The second-order valence-corrected chi connectivity index (χ2v) is 6.23. The molecule has 10 heteroatoms. The van der Waals surface area contributed by atoms with E-state index in [1.807, 2.05) is 0 Å². The molecule has 1 heterocycles. The number of carbonyl (C=O) groups is 3. The summed E-state index contributed by atoms with van der Waals surface area (Å²) in [5.41, 5.74) is 1.59. The van der Waals surface area contributed by atoms with E-state index in [4.69, 9.17) is 0 Å². The first-order chi connectivity index (χ1) is 12.4. The van der Waals surface area contributed by atoms with Gasteiger partial charge in [-0.25, -0.2) is 4.39 Å². The second kappa shape index (κ2) is 6.92. The van der Waals surface area contributed by atoms with Crippen LogP contribution in [0.2, 0.25) is 0 Å². The van der Waals surface area contributed by atoms with Gasteiger partial charge in [0.05, 0.1) is 21.8 Å². The summed E-state index contributed by atoms with van der Waals surface area (Å²) < 4.78 is 13.7. The van der Waals surface area contributed by atoms with Crippen molar-refractivity contribution in [2.75, 3.05) is 5.75 Å². The normalized spacial score (nSPS) is 12.9. The van der Waals surface area contributed by atoms with Crippen molar-refractivity contribution in [1.29, 1.82) is 0 Å². The standard InChI is InChI=1S/C16H10FN3O5S/c17-12-3-1-2-11-14(12)16(23)19(15(11)22)18-13(21)8-26-10-6-4-9(5-7-10)20(24)25/h1-7H,8H2,(H,18,21). The van der Waals surface area contributed by atoms with Gasteiger partial charge in [-0.05, 0) is 24.3 Å². The van der Waals surface area contributed by atoms with E-state index in [1.165, 1.54) is 36.4 Å². The lowest BCUT2D eigenvalue weighted by molar-refractivity contribution is -0.384. The average Bonchev–Trinajstić information content (AvgIpc) is 2.86. The number of hydrogen-bond donors (Lipinski definition) is 1. The lowest BCUT2D eigenvalue weighted by Crippen LogP contribution is -2.46. The largest absolute Gasteiger partial charge is 0.283 e. The number of nitrogens with zero attached hydrogens (tertiary/aromatic N) is 2. The molecule has 0 aliphatic carbocycles. The maximum atomic E-state index is 13.7. The monoisotopic (exact) mass is 375 g/mol. The topological polar surface area (TPSA) is 110 Å². The molecule has 3 rings (SSSR count). The molecular weight excluding hydrogens is 365 g/mol. The molecule has 0 radical (unpaired) electrons. The minimum atomic E-state index is -0.934. The van der Waals surface area contributed by atoms with Crippen LogP contribution in [0.25, 0.3) is 0 Å². The molecule has 0 spiro atoms. The molecule has 0 saturated heterocycles. The lowest BCUT2D eigenvalue weighted by atomic mass is 10.1. The van der Waals surface area contributed by atoms with Crippen LogP contribution in [0, 0.1) is 15.9 Å². The number of benzene rings is 2. The number of amides is 3. The molecule has 3 amide bonds. The van der Waals surface area contributed by atoms with E-state index < -0.39 is 28.5 Å². The van der Waals surface area contributed by atoms with Crippen LogP contribution in [0.4, 0.5) is 10.1 Å². The Hall–Kier alpha value is -3.27. The molecule has 0 aromatic heterocycles. The Balaban J connectivity index is 1.62. The molecule has 1 aliphatic heterocycles. The van der Waals surface area contributed by atoms with Crippen molar-refractivity contribution in [2.24, 2.45) is 0 Å². The SMILES string of the molecule is O=C(CSc1ccc([N+](=O)[O-])cc1)NN1C(=O)c2cccc(F)c2C1=O. The Labute approximate surface area is 150 Å². The number of hydrazine groups is 1. The van der Waals surface area contributed by atoms with Gasteiger partial charge in [-0.2, -0.15) is 5.01 Å². The zero-order valence-corrected chi connectivity index (χ0v) is 13.8. The molecule has 1 N–H and O–H groups in total. The Bertz CT molecular complexity index is 932. The number of non-ortho nitro benzene ring substituents is 1. The minimum absolute atomic E-state index is 0.0770. The van der Waals surface area contributed by atoms with Crippen molar-refractivity contribution >= 4 is 35.2 Å². The fourth-order valence-corrected chi connectivity index (χ4v) is 3.01. The molecular formula is C16H10FN3O5S. The summed E-state index contributed by atoms with van der Waals surface area (Å²) in [7, 11) is 0. The van der Waals surface area contributed by atoms with E-state index in [-0.39, 0.29) is 22.6 Å². The first kappa shape index (κ1) is 17.5. The highest BCUT2D eigenvalue weighted by Crippen LogP contribution is 2.24. The van der Waals surface area contributed by atoms with Gasteiger partial charge < -0.3 is 0 Å². The van der Waals surface area contributed by atoms with Crippen LogP contribution in [-0.2, 0) is 4.79 Å². The quantitative estimate of drug-likeness (QED) is 0.371. The smallest absolute Gasteiger partial charge is 0.272 e. The number of nitro groups is 1. The lowest BCUT2D eigenvalue weighted by Gasteiger charge is -2.14. The van der Waals surface area contributed by atoms with Crippen LogP contribution in [-0.4, -0.2) is 33.4 Å². The van der Waals surface area contributed by atoms with Crippen LogP contribution < -0.4 is 5.43 Å². The number of nitrogens with one attached hydrogen (secondary N) is 1. The molecule has 0 unspecified atom stereocenters. The van der Waals surface area contributed by atoms with Gasteiger partial charge in [-0.3, -0.25) is 29.9 Å². The predicted molar refractivity (Wildman–Crippen MR) is 88.9 cm³/mol. The molecule has 26 heavy (non-hydrogen) atoms. The maximum absolute atomic E-state index is 13.7. The highest BCUT2D eigenvalue weighted by molar-refractivity contribution is 8.00. The summed E-state index contributed by atoms with van der Waals surface area (Å²) in [4.78, 5) is 46.9.